The minimum absolute atomic E-state index is 0.0684. The van der Waals surface area contributed by atoms with Crippen LogP contribution in [0.25, 0.3) is 0 Å². The highest BCUT2D eigenvalue weighted by Crippen LogP contribution is 2.22. The van der Waals surface area contributed by atoms with Crippen LogP contribution < -0.4 is 9.47 Å². The van der Waals surface area contributed by atoms with Gasteiger partial charge in [0.15, 0.2) is 11.6 Å². The van der Waals surface area contributed by atoms with Gasteiger partial charge in [-0.2, -0.15) is 0 Å². The first-order valence-electron chi connectivity index (χ1n) is 10.3. The van der Waals surface area contributed by atoms with Crippen LogP contribution in [0.5, 0.6) is 11.5 Å². The van der Waals surface area contributed by atoms with Crippen molar-refractivity contribution < 1.29 is 19.1 Å². The predicted molar refractivity (Wildman–Crippen MR) is 128 cm³/mol. The molecule has 0 saturated carbocycles. The number of halogens is 2. The van der Waals surface area contributed by atoms with E-state index in [1.165, 1.54) is 0 Å². The molecule has 0 aliphatic carbocycles. The molecular formula is C24H28Br2O4. The van der Waals surface area contributed by atoms with Gasteiger partial charge in [0, 0.05) is 11.1 Å². The number of carbonyl (C=O) groups excluding carboxylic acids is 2. The number of carbonyl (C=O) groups is 2. The molecule has 0 saturated heterocycles. The molecule has 2 rings (SSSR count). The number of alkyl halides is 2. The highest BCUT2D eigenvalue weighted by Gasteiger charge is 2.19. The molecule has 0 unspecified atom stereocenters. The summed E-state index contributed by atoms with van der Waals surface area (Å²) in [6, 6.07) is 14.5. The molecule has 30 heavy (non-hydrogen) atoms. The fourth-order valence-corrected chi connectivity index (χ4v) is 4.21. The third kappa shape index (κ3) is 7.55. The number of unbranched alkanes of at least 4 members (excludes halogenated alkanes) is 1. The Hall–Kier alpha value is -1.66. The molecule has 4 nitrogen and oxygen atoms in total. The van der Waals surface area contributed by atoms with Crippen LogP contribution in [0.2, 0.25) is 0 Å². The molecule has 0 bridgehead atoms. The summed E-state index contributed by atoms with van der Waals surface area (Å²) in [4.78, 5) is 24.6. The standard InChI is InChI=1S/C24H28Br2O4/c1-3-29-19-13-9-17(10-14-19)23(27)21(25)7-5-6-8-22(26)24(28)18-11-15-20(16-12-18)30-4-2/h9-16,21-22H,3-8H2,1-2H3/t21-,22-/m1/s1. The van der Waals surface area contributed by atoms with Crippen molar-refractivity contribution in [2.45, 2.75) is 49.2 Å². The second-order valence-electron chi connectivity index (χ2n) is 6.86. The maximum Gasteiger partial charge on any atom is 0.176 e. The Morgan fingerprint density at radius 3 is 1.33 bits per heavy atom. The van der Waals surface area contributed by atoms with Gasteiger partial charge >= 0.3 is 0 Å². The lowest BCUT2D eigenvalue weighted by Gasteiger charge is -2.12. The van der Waals surface area contributed by atoms with Crippen LogP contribution in [0, 0.1) is 0 Å². The zero-order chi connectivity index (χ0) is 21.9. The Kier molecular flexibility index (Phi) is 10.6. The summed E-state index contributed by atoms with van der Waals surface area (Å²) in [5.74, 6) is 1.67. The minimum atomic E-state index is -0.231. The minimum Gasteiger partial charge on any atom is -0.494 e. The van der Waals surface area contributed by atoms with E-state index in [9.17, 15) is 9.59 Å². The third-order valence-electron chi connectivity index (χ3n) is 4.63. The SMILES string of the molecule is CCOc1ccc(C(=O)[C@H](Br)CCCC[C@@H](Br)C(=O)c2ccc(OCC)cc2)cc1. The highest BCUT2D eigenvalue weighted by molar-refractivity contribution is 9.10. The van der Waals surface area contributed by atoms with Gasteiger partial charge in [-0.1, -0.05) is 44.7 Å². The van der Waals surface area contributed by atoms with Gasteiger partial charge in [-0.15, -0.1) is 0 Å². The van der Waals surface area contributed by atoms with Crippen LogP contribution in [-0.4, -0.2) is 34.4 Å². The predicted octanol–water partition coefficient (Wildman–Crippen LogP) is 6.64. The van der Waals surface area contributed by atoms with Crippen molar-refractivity contribution in [1.29, 1.82) is 0 Å². The molecule has 2 atom stereocenters. The summed E-state index contributed by atoms with van der Waals surface area (Å²) < 4.78 is 10.8. The normalized spacial score (nSPS) is 12.8. The van der Waals surface area contributed by atoms with E-state index in [0.717, 1.165) is 37.2 Å². The van der Waals surface area contributed by atoms with E-state index in [1.807, 2.05) is 38.1 Å². The van der Waals surface area contributed by atoms with Gasteiger partial charge in [0.2, 0.25) is 0 Å². The van der Waals surface area contributed by atoms with E-state index in [4.69, 9.17) is 9.47 Å². The summed E-state index contributed by atoms with van der Waals surface area (Å²) in [6.07, 6.45) is 3.17. The number of benzene rings is 2. The smallest absolute Gasteiger partial charge is 0.176 e. The summed E-state index contributed by atoms with van der Waals surface area (Å²) in [5, 5.41) is 0. The summed E-state index contributed by atoms with van der Waals surface area (Å²) in [7, 11) is 0. The average molecular weight is 540 g/mol. The van der Waals surface area contributed by atoms with Gasteiger partial charge in [-0.25, -0.2) is 0 Å². The number of hydrogen-bond acceptors (Lipinski definition) is 4. The Balaban J connectivity index is 1.74. The first-order valence-corrected chi connectivity index (χ1v) is 12.1. The lowest BCUT2D eigenvalue weighted by Crippen LogP contribution is -2.16. The Labute approximate surface area is 195 Å². The first kappa shape index (κ1) is 24.6. The van der Waals surface area contributed by atoms with Gasteiger partial charge in [0.1, 0.15) is 11.5 Å². The highest BCUT2D eigenvalue weighted by atomic mass is 79.9. The van der Waals surface area contributed by atoms with E-state index in [2.05, 4.69) is 31.9 Å². The molecule has 0 spiro atoms. The van der Waals surface area contributed by atoms with Crippen molar-refractivity contribution in [2.75, 3.05) is 13.2 Å². The molecule has 0 N–H and O–H groups in total. The second kappa shape index (κ2) is 12.9. The summed E-state index contributed by atoms with van der Waals surface area (Å²) in [5.41, 5.74) is 1.34. The van der Waals surface area contributed by atoms with Crippen LogP contribution in [0.3, 0.4) is 0 Å². The fourth-order valence-electron chi connectivity index (χ4n) is 3.04. The van der Waals surface area contributed by atoms with Gasteiger partial charge < -0.3 is 9.47 Å². The Bertz CT molecular complexity index is 733. The second-order valence-corrected chi connectivity index (χ2v) is 9.07. The Morgan fingerprint density at radius 1 is 0.700 bits per heavy atom. The molecule has 0 fully saturated rings. The van der Waals surface area contributed by atoms with Crippen molar-refractivity contribution in [3.8, 4) is 11.5 Å². The van der Waals surface area contributed by atoms with Gasteiger partial charge in [-0.05, 0) is 75.2 Å². The van der Waals surface area contributed by atoms with E-state index in [-0.39, 0.29) is 21.2 Å². The number of ketones is 2. The molecule has 0 aliphatic heterocycles. The monoisotopic (exact) mass is 538 g/mol. The van der Waals surface area contributed by atoms with Crippen LogP contribution in [0.4, 0.5) is 0 Å². The van der Waals surface area contributed by atoms with Gasteiger partial charge in [-0.3, -0.25) is 9.59 Å². The zero-order valence-corrected chi connectivity index (χ0v) is 20.6. The lowest BCUT2D eigenvalue weighted by molar-refractivity contribution is 0.0975. The number of hydrogen-bond donors (Lipinski definition) is 0. The van der Waals surface area contributed by atoms with Crippen molar-refractivity contribution in [1.82, 2.24) is 0 Å². The molecular weight excluding hydrogens is 512 g/mol. The molecule has 0 heterocycles. The molecule has 6 heteroatoms. The molecule has 0 radical (unpaired) electrons. The van der Waals surface area contributed by atoms with E-state index < -0.39 is 0 Å². The topological polar surface area (TPSA) is 52.6 Å². The lowest BCUT2D eigenvalue weighted by atomic mass is 10.0. The number of Topliss-reactive ketones (excluding diaryl/α,β-unsaturated/α-hetero) is 2. The molecule has 2 aromatic carbocycles. The van der Waals surface area contributed by atoms with Gasteiger partial charge in [0.05, 0.1) is 22.9 Å². The fraction of sp³-hybridized carbons (Fsp3) is 0.417. The Morgan fingerprint density at radius 2 is 1.03 bits per heavy atom. The largest absolute Gasteiger partial charge is 0.494 e. The number of ether oxygens (including phenoxy) is 2. The average Bonchev–Trinajstić information content (AvgIpc) is 2.77. The maximum atomic E-state index is 12.5. The van der Waals surface area contributed by atoms with Gasteiger partial charge in [0.25, 0.3) is 0 Å². The molecule has 0 aliphatic rings. The van der Waals surface area contributed by atoms with Crippen LogP contribution in [0.1, 0.15) is 60.2 Å². The van der Waals surface area contributed by atoms with Crippen molar-refractivity contribution >= 4 is 43.4 Å². The maximum absolute atomic E-state index is 12.5. The summed E-state index contributed by atoms with van der Waals surface area (Å²) in [6.45, 7) is 5.06. The van der Waals surface area contributed by atoms with Crippen LogP contribution in [0.15, 0.2) is 48.5 Å². The first-order chi connectivity index (χ1) is 14.5. The number of rotatable bonds is 13. The van der Waals surface area contributed by atoms with Crippen molar-refractivity contribution in [2.24, 2.45) is 0 Å². The van der Waals surface area contributed by atoms with E-state index in [0.29, 0.717) is 24.3 Å². The van der Waals surface area contributed by atoms with Crippen molar-refractivity contribution in [3.05, 3.63) is 59.7 Å². The van der Waals surface area contributed by atoms with Crippen LogP contribution >= 0.6 is 31.9 Å². The quantitative estimate of drug-likeness (QED) is 0.163. The van der Waals surface area contributed by atoms with Crippen molar-refractivity contribution in [3.63, 3.8) is 0 Å². The van der Waals surface area contributed by atoms with E-state index >= 15 is 0 Å². The third-order valence-corrected chi connectivity index (χ3v) is 6.38. The molecule has 0 aromatic heterocycles. The zero-order valence-electron chi connectivity index (χ0n) is 17.4. The molecule has 162 valence electrons. The summed E-state index contributed by atoms with van der Waals surface area (Å²) >= 11 is 7.02. The molecule has 0 amide bonds. The molecule has 2 aromatic rings. The van der Waals surface area contributed by atoms with Crippen LogP contribution in [-0.2, 0) is 0 Å². The van der Waals surface area contributed by atoms with E-state index in [1.54, 1.807) is 24.3 Å².